The van der Waals surface area contributed by atoms with Gasteiger partial charge in [-0.1, -0.05) is 254 Å². The van der Waals surface area contributed by atoms with Gasteiger partial charge in [-0.2, -0.15) is 0 Å². The van der Waals surface area contributed by atoms with Crippen molar-refractivity contribution in [2.24, 2.45) is 17.5 Å². The van der Waals surface area contributed by atoms with Gasteiger partial charge in [0, 0.05) is 50.4 Å². The lowest BCUT2D eigenvalue weighted by Gasteiger charge is -2.24. The molecule has 117 heavy (non-hydrogen) atoms. The maximum absolute atomic E-state index is 14.3. The monoisotopic (exact) mass is 1710 g/mol. The number of nitrogens with one attached hydrogen (secondary N) is 5. The molecule has 4 heterocycles. The van der Waals surface area contributed by atoms with Gasteiger partial charge in [-0.05, 0) is 147 Å². The van der Waals surface area contributed by atoms with E-state index in [0.29, 0.717) is 65.9 Å². The van der Waals surface area contributed by atoms with Crippen molar-refractivity contribution < 1.29 is 45.5 Å². The van der Waals surface area contributed by atoms with Crippen molar-refractivity contribution in [1.29, 1.82) is 0 Å². The molecule has 5 N–H and O–H groups in total. The number of para-hydroxylation sites is 4. The number of aromatic nitrogens is 7. The van der Waals surface area contributed by atoms with Gasteiger partial charge in [0.05, 0.1) is 69.8 Å². The molecule has 622 valence electrons. The van der Waals surface area contributed by atoms with Crippen LogP contribution in [0.1, 0.15) is 173 Å². The molecule has 1 aliphatic rings. The minimum Gasteiger partial charge on any atom is -0.493 e. The smallest absolute Gasteiger partial charge is 0.262 e. The molecule has 12 rings (SSSR count). The van der Waals surface area contributed by atoms with E-state index in [0.717, 1.165) is 58.6 Å². The lowest BCUT2D eigenvalue weighted by molar-refractivity contribution is -0.136. The summed E-state index contributed by atoms with van der Waals surface area (Å²) in [7, 11) is -4.55. The third-order valence-corrected chi connectivity index (χ3v) is 24.5. The number of Topliss-reactive ketones (excluding diaryl/α,β-unsaturated/α-hetero) is 1. The Morgan fingerprint density at radius 3 is 1.68 bits per heavy atom. The zero-order valence-electron chi connectivity index (χ0n) is 67.9. The predicted molar refractivity (Wildman–Crippen MR) is 471 cm³/mol. The van der Waals surface area contributed by atoms with Crippen molar-refractivity contribution in [3.63, 3.8) is 0 Å². The summed E-state index contributed by atoms with van der Waals surface area (Å²) in [5, 5.41) is 25.0. The van der Waals surface area contributed by atoms with E-state index >= 15 is 0 Å². The minimum absolute atomic E-state index is 0.00512. The maximum atomic E-state index is 14.3. The average Bonchev–Trinajstić information content (AvgIpc) is 1.68. The van der Waals surface area contributed by atoms with Gasteiger partial charge in [0.25, 0.3) is 27.7 Å². The summed E-state index contributed by atoms with van der Waals surface area (Å²) in [5.74, 6) is -1.76. The number of ether oxygens (including phenoxy) is 1. The lowest BCUT2D eigenvalue weighted by atomic mass is 9.86. The number of unbranched alkanes of at least 4 members (excludes halogenated alkanes) is 13. The Hall–Kier alpha value is -9.87. The number of sulfonamides is 2. The molecular weight excluding hydrogens is 1600 g/mol. The van der Waals surface area contributed by atoms with Crippen LogP contribution < -0.4 is 39.8 Å². The molecule has 8 aromatic carbocycles. The van der Waals surface area contributed by atoms with Crippen LogP contribution in [0.4, 0.5) is 28.4 Å². The third kappa shape index (κ3) is 24.9. The van der Waals surface area contributed by atoms with Gasteiger partial charge in [0.2, 0.25) is 22.0 Å². The molecule has 4 amide bonds. The molecule has 0 spiro atoms. The van der Waals surface area contributed by atoms with Crippen LogP contribution in [0, 0.1) is 19.3 Å². The topological polar surface area (TPSA) is 305 Å². The number of anilines is 5. The number of amides is 4. The van der Waals surface area contributed by atoms with Gasteiger partial charge < -0.3 is 30.2 Å². The Bertz CT molecular complexity index is 5570. The van der Waals surface area contributed by atoms with Crippen LogP contribution in [-0.4, -0.2) is 108 Å². The van der Waals surface area contributed by atoms with Crippen LogP contribution in [-0.2, 0) is 57.5 Å². The number of ketones is 1. The Morgan fingerprint density at radius 1 is 0.573 bits per heavy atom. The first kappa shape index (κ1) is 91.0. The van der Waals surface area contributed by atoms with E-state index in [2.05, 4.69) is 86.8 Å². The predicted octanol–water partition coefficient (Wildman–Crippen LogP) is 19.2. The second-order valence-corrected chi connectivity index (χ2v) is 35.0. The van der Waals surface area contributed by atoms with E-state index in [1.54, 1.807) is 98.8 Å². The molecule has 11 aromatic rings. The summed E-state index contributed by atoms with van der Waals surface area (Å²) in [6, 6.07) is 45.1. The molecule has 0 fully saturated rings. The zero-order chi connectivity index (χ0) is 84.4. The number of hydrogen-bond acceptors (Lipinski definition) is 16. The van der Waals surface area contributed by atoms with Gasteiger partial charge in [-0.3, -0.25) is 33.7 Å². The van der Waals surface area contributed by atoms with E-state index in [1.807, 2.05) is 84.3 Å². The third-order valence-electron chi connectivity index (χ3n) is 19.5. The van der Waals surface area contributed by atoms with E-state index < -0.39 is 55.3 Å². The first-order valence-corrected chi connectivity index (χ1v) is 44.6. The first-order chi connectivity index (χ1) is 56.2. The van der Waals surface area contributed by atoms with Crippen LogP contribution in [0.15, 0.2) is 185 Å². The molecular formula is C87H105Cl3N14O10S3. The minimum atomic E-state index is -4.43. The van der Waals surface area contributed by atoms with Gasteiger partial charge in [-0.25, -0.2) is 30.9 Å². The SMILES string of the molecule is CC.CCCCCCCCCCCCCCCCNS(=O)(=O)c1ccc(Cl)c(NS(=O)(=O)c2ccc(Cl)c(NC(=O)C(C(=O)N3CCc4ccccc43)n3nnc4ccccc43)c2)c1.CN=c1sc2ccccc2n1C.Cc1ccc(OCCCC(=O)Nc2ccc(Cl)c(NC(=O)C(C(=O)C(C)(C)C)n3nnc4ccccc43)c2)c(C)c1. The summed E-state index contributed by atoms with van der Waals surface area (Å²) in [4.78, 5) is 74.4. The Morgan fingerprint density at radius 2 is 1.09 bits per heavy atom. The standard InChI is InChI=1S/C45H55Cl2N7O6S2.C31H34ClN5O4.C9H10N2S.C2H6/c1-2-3-4-5-6-7-8-9-10-11-12-13-14-19-29-48-61(57,58)34-24-27-37(47)40(32-34)51-62(59,60)35-25-26-36(46)39(31-35)49-44(55)43(54-42-23-18-16-21-38(42)50-52-54)45(56)53-30-28-33-20-15-17-22-41(33)53;1-19-12-15-26(20(2)17-19)41-16-8-11-27(38)33-21-13-14-22(32)24(18-21)34-30(40)28(29(39)31(3,4)5)37-25-10-7-6-9-23(25)35-36-37;1-10-9-11(2)7-5-3-4-6-8(7)12-9;1-2/h15-18,20-27,31-32,43,48,51H,2-14,19,28-30H2,1H3,(H,49,55);6-7,9-10,12-15,17-18,28H,8,11,16H2,1-5H3,(H,33,38)(H,34,40);3-6H,1-2H3;1-2H3. The number of carbonyl (C=O) groups excluding carboxylic acids is 5. The highest BCUT2D eigenvalue weighted by molar-refractivity contribution is 7.92. The highest BCUT2D eigenvalue weighted by Crippen LogP contribution is 2.36. The molecule has 0 radical (unpaired) electrons. The number of fused-ring (bicyclic) bond motifs is 4. The van der Waals surface area contributed by atoms with Crippen molar-refractivity contribution in [1.82, 2.24) is 39.3 Å². The fourth-order valence-electron chi connectivity index (χ4n) is 13.3. The van der Waals surface area contributed by atoms with Gasteiger partial charge in [0.1, 0.15) is 16.8 Å². The Labute approximate surface area is 704 Å². The normalized spacial score (nSPS) is 12.7. The van der Waals surface area contributed by atoms with E-state index in [9.17, 15) is 40.8 Å². The Kier molecular flexibility index (Phi) is 33.9. The molecule has 30 heteroatoms. The van der Waals surface area contributed by atoms with E-state index in [1.165, 1.54) is 113 Å². The second-order valence-electron chi connectivity index (χ2n) is 29.3. The van der Waals surface area contributed by atoms with Gasteiger partial charge in [-0.15, -0.1) is 10.2 Å². The zero-order valence-corrected chi connectivity index (χ0v) is 72.6. The number of halogens is 3. The fourth-order valence-corrected chi connectivity index (χ4v) is 17.0. The van der Waals surface area contributed by atoms with Crippen molar-refractivity contribution in [3.8, 4) is 5.75 Å². The summed E-state index contributed by atoms with van der Waals surface area (Å²) < 4.78 is 70.8. The van der Waals surface area contributed by atoms with E-state index in [-0.39, 0.29) is 66.6 Å². The van der Waals surface area contributed by atoms with Crippen molar-refractivity contribution in [2.75, 3.05) is 52.3 Å². The van der Waals surface area contributed by atoms with Crippen molar-refractivity contribution >= 4 is 156 Å². The summed E-state index contributed by atoms with van der Waals surface area (Å²) in [6.07, 6.45) is 18.1. The Balaban J connectivity index is 0.000000241. The molecule has 2 atom stereocenters. The molecule has 24 nitrogen and oxygen atoms in total. The first-order valence-electron chi connectivity index (χ1n) is 39.7. The molecule has 3 aromatic heterocycles. The number of thiazole rings is 1. The van der Waals surface area contributed by atoms with Crippen LogP contribution in [0.3, 0.4) is 0 Å². The number of carbonyl (C=O) groups is 5. The summed E-state index contributed by atoms with van der Waals surface area (Å²) >= 11 is 21.0. The number of rotatable bonds is 34. The number of nitrogens with zero attached hydrogens (tertiary/aromatic N) is 9. The fraction of sp³-hybridized carbons (Fsp3) is 0.379. The number of aryl methyl sites for hydroxylation is 3. The van der Waals surface area contributed by atoms with Crippen LogP contribution >= 0.6 is 46.1 Å². The maximum Gasteiger partial charge on any atom is 0.262 e. The van der Waals surface area contributed by atoms with Gasteiger partial charge >= 0.3 is 0 Å². The highest BCUT2D eigenvalue weighted by Gasteiger charge is 2.40. The van der Waals surface area contributed by atoms with Crippen molar-refractivity contribution in [2.45, 2.75) is 186 Å². The van der Waals surface area contributed by atoms with Gasteiger partial charge in [0.15, 0.2) is 16.6 Å². The number of benzene rings is 8. The molecule has 0 saturated heterocycles. The molecule has 0 bridgehead atoms. The quantitative estimate of drug-likeness (QED) is 0.0185. The second kappa shape index (κ2) is 43.5. The van der Waals surface area contributed by atoms with Crippen molar-refractivity contribution in [3.05, 3.63) is 206 Å². The summed E-state index contributed by atoms with van der Waals surface area (Å²) in [5.41, 5.74) is 6.72. The molecule has 1 aliphatic heterocycles. The molecule has 0 aliphatic carbocycles. The summed E-state index contributed by atoms with van der Waals surface area (Å²) in [6.45, 7) is 16.5. The van der Waals surface area contributed by atoms with Crippen LogP contribution in [0.25, 0.3) is 32.3 Å². The highest BCUT2D eigenvalue weighted by atomic mass is 35.5. The molecule has 2 unspecified atom stereocenters. The number of hydrogen-bond donors (Lipinski definition) is 5. The molecule has 0 saturated carbocycles. The average molecular weight is 1710 g/mol. The lowest BCUT2D eigenvalue weighted by Crippen LogP contribution is -2.42. The van der Waals surface area contributed by atoms with Crippen LogP contribution in [0.5, 0.6) is 5.75 Å². The van der Waals surface area contributed by atoms with Crippen LogP contribution in [0.2, 0.25) is 15.1 Å². The van der Waals surface area contributed by atoms with E-state index in [4.69, 9.17) is 39.5 Å². The largest absolute Gasteiger partial charge is 0.493 e.